The average molecular weight is 623 g/mol. The Morgan fingerprint density at radius 1 is 1.21 bits per heavy atom. The molecule has 2 heterocycles. The molecule has 42 heavy (non-hydrogen) atoms. The molecule has 0 saturated carbocycles. The highest BCUT2D eigenvalue weighted by atomic mass is 32.2. The van der Waals surface area contributed by atoms with E-state index < -0.39 is 42.4 Å². The highest BCUT2D eigenvalue weighted by molar-refractivity contribution is 8.00. The molecule has 0 unspecified atom stereocenters. The average Bonchev–Trinajstić information content (AvgIpc) is 3.44. The van der Waals surface area contributed by atoms with Crippen LogP contribution in [-0.2, 0) is 30.7 Å². The second-order valence-corrected chi connectivity index (χ2v) is 12.0. The van der Waals surface area contributed by atoms with Gasteiger partial charge in [-0.15, -0.1) is 11.8 Å². The van der Waals surface area contributed by atoms with E-state index in [1.165, 1.54) is 47.3 Å². The Balaban J connectivity index is 1.46. The van der Waals surface area contributed by atoms with Crippen molar-refractivity contribution in [2.75, 3.05) is 13.2 Å². The minimum absolute atomic E-state index is 0.166. The first-order chi connectivity index (χ1) is 20.0. The zero-order valence-electron chi connectivity index (χ0n) is 22.1. The minimum Gasteiger partial charge on any atom is -0.348 e. The molecule has 2 N–H and O–H groups in total. The number of ether oxygens (including phenoxy) is 2. The Hall–Kier alpha value is -3.28. The van der Waals surface area contributed by atoms with Gasteiger partial charge in [0.2, 0.25) is 0 Å². The number of phosphoric acid groups is 1. The van der Waals surface area contributed by atoms with Crippen molar-refractivity contribution in [3.8, 4) is 6.07 Å². The van der Waals surface area contributed by atoms with Crippen molar-refractivity contribution in [3.63, 3.8) is 0 Å². The van der Waals surface area contributed by atoms with Crippen LogP contribution in [0.1, 0.15) is 23.6 Å². The van der Waals surface area contributed by atoms with E-state index in [1.807, 2.05) is 6.07 Å². The van der Waals surface area contributed by atoms with E-state index in [-0.39, 0.29) is 36.1 Å². The zero-order chi connectivity index (χ0) is 30.3. The standard InChI is InChI=1S/C27H26F3N4O6PS/c1-18(27(40-41(35,36)37,15-34-17-32-16-33-34)23-9-8-21(28)11-25(23)30)42-22-13-38-26(39-14-22)5-3-2-4-20-7-6-19(12-31)10-24(20)29/h2-11,16-18,22,26H,13-15H2,1H3,(H2,35,36,37)/t18-,22?,26?,27-/m1/s1. The summed E-state index contributed by atoms with van der Waals surface area (Å²) in [6.45, 7) is 1.58. The van der Waals surface area contributed by atoms with Crippen LogP contribution in [0.2, 0.25) is 0 Å². The highest BCUT2D eigenvalue weighted by Gasteiger charge is 2.48. The minimum atomic E-state index is -5.22. The number of phosphoric ester groups is 1. The fourth-order valence-electron chi connectivity index (χ4n) is 4.32. The molecule has 0 spiro atoms. The zero-order valence-corrected chi connectivity index (χ0v) is 23.8. The second-order valence-electron chi connectivity index (χ2n) is 9.22. The summed E-state index contributed by atoms with van der Waals surface area (Å²) in [6, 6.07) is 8.68. The summed E-state index contributed by atoms with van der Waals surface area (Å²) >= 11 is 1.19. The Kier molecular flexibility index (Phi) is 10.4. The third kappa shape index (κ3) is 8.17. The molecule has 0 aliphatic carbocycles. The van der Waals surface area contributed by atoms with Crippen molar-refractivity contribution in [1.82, 2.24) is 14.8 Å². The molecule has 1 aliphatic rings. The van der Waals surface area contributed by atoms with Gasteiger partial charge in [-0.25, -0.2) is 27.4 Å². The van der Waals surface area contributed by atoms with Crippen molar-refractivity contribution in [1.29, 1.82) is 5.26 Å². The topological polar surface area (TPSA) is 140 Å². The molecule has 2 atom stereocenters. The molecule has 2 aromatic carbocycles. The van der Waals surface area contributed by atoms with Crippen LogP contribution in [0.25, 0.3) is 6.08 Å². The van der Waals surface area contributed by atoms with Crippen LogP contribution < -0.4 is 0 Å². The second kappa shape index (κ2) is 13.8. The Morgan fingerprint density at radius 3 is 2.60 bits per heavy atom. The summed E-state index contributed by atoms with van der Waals surface area (Å²) in [6.07, 6.45) is 8.12. The monoisotopic (exact) mass is 622 g/mol. The summed E-state index contributed by atoms with van der Waals surface area (Å²) in [5.41, 5.74) is -1.75. The molecule has 1 fully saturated rings. The van der Waals surface area contributed by atoms with Gasteiger partial charge in [-0.3, -0.25) is 4.52 Å². The third-order valence-electron chi connectivity index (χ3n) is 6.26. The number of allylic oxidation sites excluding steroid dienone is 2. The van der Waals surface area contributed by atoms with Crippen LogP contribution in [0.3, 0.4) is 0 Å². The van der Waals surface area contributed by atoms with Crippen molar-refractivity contribution in [2.24, 2.45) is 0 Å². The molecule has 15 heteroatoms. The number of benzene rings is 2. The van der Waals surface area contributed by atoms with Crippen molar-refractivity contribution >= 4 is 25.7 Å². The largest absolute Gasteiger partial charge is 0.470 e. The predicted octanol–water partition coefficient (Wildman–Crippen LogP) is 4.70. The van der Waals surface area contributed by atoms with Crippen LogP contribution in [0.4, 0.5) is 13.2 Å². The summed E-state index contributed by atoms with van der Waals surface area (Å²) < 4.78 is 73.1. The Labute approximate surface area is 243 Å². The highest BCUT2D eigenvalue weighted by Crippen LogP contribution is 2.51. The van der Waals surface area contributed by atoms with E-state index in [0.717, 1.165) is 18.2 Å². The van der Waals surface area contributed by atoms with E-state index in [2.05, 4.69) is 10.1 Å². The molecule has 222 valence electrons. The molecule has 4 rings (SSSR count). The number of hydrogen-bond acceptors (Lipinski definition) is 8. The third-order valence-corrected chi connectivity index (χ3v) is 8.27. The lowest BCUT2D eigenvalue weighted by Crippen LogP contribution is -2.45. The first-order valence-electron chi connectivity index (χ1n) is 12.5. The number of nitriles is 1. The molecule has 0 amide bonds. The van der Waals surface area contributed by atoms with E-state index in [0.29, 0.717) is 11.6 Å². The molecule has 1 aliphatic heterocycles. The Bertz CT molecular complexity index is 1520. The van der Waals surface area contributed by atoms with Gasteiger partial charge in [-0.1, -0.05) is 37.3 Å². The van der Waals surface area contributed by atoms with Gasteiger partial charge in [0.05, 0.1) is 36.6 Å². The van der Waals surface area contributed by atoms with Crippen LogP contribution >= 0.6 is 19.6 Å². The van der Waals surface area contributed by atoms with Gasteiger partial charge in [-0.2, -0.15) is 10.4 Å². The van der Waals surface area contributed by atoms with Gasteiger partial charge in [-0.05, 0) is 24.3 Å². The fourth-order valence-corrected chi connectivity index (χ4v) is 6.49. The van der Waals surface area contributed by atoms with E-state index in [4.69, 9.17) is 19.3 Å². The summed E-state index contributed by atoms with van der Waals surface area (Å²) in [7, 11) is -5.22. The smallest absolute Gasteiger partial charge is 0.348 e. The maximum Gasteiger partial charge on any atom is 0.470 e. The van der Waals surface area contributed by atoms with Gasteiger partial charge in [0.25, 0.3) is 0 Å². The number of thioether (sulfide) groups is 1. The maximum atomic E-state index is 15.1. The van der Waals surface area contributed by atoms with Crippen LogP contribution in [0.5, 0.6) is 0 Å². The fraction of sp³-hybridized carbons (Fsp3) is 0.296. The number of halogens is 3. The van der Waals surface area contributed by atoms with Gasteiger partial charge in [0.1, 0.15) is 35.7 Å². The number of rotatable bonds is 11. The van der Waals surface area contributed by atoms with E-state index in [1.54, 1.807) is 25.2 Å². The normalized spacial score (nSPS) is 20.0. The lowest BCUT2D eigenvalue weighted by molar-refractivity contribution is -0.146. The summed E-state index contributed by atoms with van der Waals surface area (Å²) in [5.74, 6) is -2.44. The van der Waals surface area contributed by atoms with Crippen LogP contribution in [-0.4, -0.2) is 54.6 Å². The maximum absolute atomic E-state index is 15.1. The van der Waals surface area contributed by atoms with Crippen molar-refractivity contribution in [2.45, 2.75) is 35.9 Å². The molecule has 0 bridgehead atoms. The van der Waals surface area contributed by atoms with Gasteiger partial charge in [0.15, 0.2) is 6.29 Å². The van der Waals surface area contributed by atoms with Crippen LogP contribution in [0, 0.1) is 28.8 Å². The molecular weight excluding hydrogens is 596 g/mol. The summed E-state index contributed by atoms with van der Waals surface area (Å²) in [5, 5.41) is 11.6. The first-order valence-corrected chi connectivity index (χ1v) is 14.9. The van der Waals surface area contributed by atoms with Crippen LogP contribution in [0.15, 0.2) is 67.3 Å². The van der Waals surface area contributed by atoms with Gasteiger partial charge < -0.3 is 19.3 Å². The number of aromatic nitrogens is 3. The Morgan fingerprint density at radius 2 is 1.98 bits per heavy atom. The molecular formula is C27H26F3N4O6PS. The predicted molar refractivity (Wildman–Crippen MR) is 147 cm³/mol. The van der Waals surface area contributed by atoms with E-state index in [9.17, 15) is 23.1 Å². The lowest BCUT2D eigenvalue weighted by atomic mass is 9.90. The van der Waals surface area contributed by atoms with Crippen molar-refractivity contribution in [3.05, 3.63) is 101 Å². The molecule has 0 radical (unpaired) electrons. The molecule has 1 aromatic heterocycles. The first kappa shape index (κ1) is 31.7. The molecule has 1 saturated heterocycles. The van der Waals surface area contributed by atoms with Crippen molar-refractivity contribution < 1.29 is 41.5 Å². The molecule has 10 nitrogen and oxygen atoms in total. The lowest BCUT2D eigenvalue weighted by Gasteiger charge is -2.40. The summed E-state index contributed by atoms with van der Waals surface area (Å²) in [4.78, 5) is 23.5. The number of hydrogen-bond donors (Lipinski definition) is 2. The quantitative estimate of drug-likeness (QED) is 0.228. The van der Waals surface area contributed by atoms with E-state index >= 15 is 4.39 Å². The SMILES string of the molecule is C[C@@H](SC1COC(C=CC=Cc2ccc(C#N)cc2F)OC1)[C@@](Cn1cncn1)(OP(=O)(O)O)c1ccc(F)cc1F. The number of nitrogens with zero attached hydrogens (tertiary/aromatic N) is 4. The van der Waals surface area contributed by atoms with Gasteiger partial charge in [0, 0.05) is 22.4 Å². The molecule has 3 aromatic rings. The van der Waals surface area contributed by atoms with Gasteiger partial charge >= 0.3 is 7.82 Å².